The Balaban J connectivity index is 2.27. The maximum absolute atomic E-state index is 6.08. The number of ether oxygens (including phenoxy) is 1. The molecule has 0 spiro atoms. The maximum atomic E-state index is 6.08. The van der Waals surface area contributed by atoms with E-state index >= 15 is 0 Å². The topological polar surface area (TPSA) is 34.1 Å². The molecule has 112 valence electrons. The second kappa shape index (κ2) is 7.05. The molecule has 0 bridgehead atoms. The highest BCUT2D eigenvalue weighted by Crippen LogP contribution is 2.32. The molecule has 1 N–H and O–H groups in total. The lowest BCUT2D eigenvalue weighted by atomic mass is 10.2. The molecule has 1 heterocycles. The summed E-state index contributed by atoms with van der Waals surface area (Å²) in [4.78, 5) is 4.36. The third-order valence-corrected chi connectivity index (χ3v) is 3.71. The maximum Gasteiger partial charge on any atom is 0.141 e. The first-order valence-electron chi connectivity index (χ1n) is 7.08. The van der Waals surface area contributed by atoms with Crippen molar-refractivity contribution in [1.82, 2.24) is 10.3 Å². The summed E-state index contributed by atoms with van der Waals surface area (Å²) in [6.07, 6.45) is 1.88. The van der Waals surface area contributed by atoms with Gasteiger partial charge < -0.3 is 10.1 Å². The Morgan fingerprint density at radius 3 is 2.62 bits per heavy atom. The predicted octanol–water partition coefficient (Wildman–Crippen LogP) is 4.75. The van der Waals surface area contributed by atoms with E-state index in [9.17, 15) is 0 Å². The van der Waals surface area contributed by atoms with Crippen LogP contribution in [0.2, 0.25) is 0 Å². The SMILES string of the molecule is Cc1ccc(Oc2cc(C)ncc2CNC(C)C)c(Br)c1. The van der Waals surface area contributed by atoms with Crippen molar-refractivity contribution in [1.29, 1.82) is 0 Å². The molecule has 0 aliphatic carbocycles. The largest absolute Gasteiger partial charge is 0.456 e. The molecule has 0 amide bonds. The number of nitrogens with zero attached hydrogens (tertiary/aromatic N) is 1. The Hall–Kier alpha value is -1.39. The molecule has 0 saturated heterocycles. The Bertz CT molecular complexity index is 626. The number of pyridine rings is 1. The molecule has 1 aromatic heterocycles. The summed E-state index contributed by atoms with van der Waals surface area (Å²) < 4.78 is 7.04. The fourth-order valence-corrected chi connectivity index (χ4v) is 2.49. The van der Waals surface area contributed by atoms with Gasteiger partial charge in [0.15, 0.2) is 0 Å². The Morgan fingerprint density at radius 1 is 1.19 bits per heavy atom. The Morgan fingerprint density at radius 2 is 1.95 bits per heavy atom. The average Bonchev–Trinajstić information content (AvgIpc) is 2.41. The lowest BCUT2D eigenvalue weighted by Gasteiger charge is -2.15. The van der Waals surface area contributed by atoms with E-state index in [1.54, 1.807) is 0 Å². The number of rotatable bonds is 5. The summed E-state index contributed by atoms with van der Waals surface area (Å²) in [7, 11) is 0. The first-order chi connectivity index (χ1) is 9.95. The number of hydrogen-bond donors (Lipinski definition) is 1. The van der Waals surface area contributed by atoms with Gasteiger partial charge in [0.2, 0.25) is 0 Å². The summed E-state index contributed by atoms with van der Waals surface area (Å²) in [6, 6.07) is 8.47. The zero-order valence-corrected chi connectivity index (χ0v) is 14.5. The molecule has 2 rings (SSSR count). The summed E-state index contributed by atoms with van der Waals surface area (Å²) in [5.41, 5.74) is 3.20. The highest BCUT2D eigenvalue weighted by molar-refractivity contribution is 9.10. The second-order valence-corrected chi connectivity index (χ2v) is 6.36. The molecule has 0 atom stereocenters. The second-order valence-electron chi connectivity index (χ2n) is 5.50. The first kappa shape index (κ1) is 16.0. The van der Waals surface area contributed by atoms with E-state index in [-0.39, 0.29) is 0 Å². The van der Waals surface area contributed by atoms with Crippen LogP contribution in [0.4, 0.5) is 0 Å². The van der Waals surface area contributed by atoms with Crippen LogP contribution in [-0.4, -0.2) is 11.0 Å². The molecular weight excluding hydrogens is 328 g/mol. The number of nitrogens with one attached hydrogen (secondary N) is 1. The van der Waals surface area contributed by atoms with Crippen LogP contribution < -0.4 is 10.1 Å². The van der Waals surface area contributed by atoms with Gasteiger partial charge in [0.1, 0.15) is 11.5 Å². The molecule has 1 aromatic carbocycles. The Kier molecular flexibility index (Phi) is 5.37. The molecular formula is C17H21BrN2O. The van der Waals surface area contributed by atoms with E-state index in [0.717, 1.165) is 33.8 Å². The zero-order chi connectivity index (χ0) is 15.4. The van der Waals surface area contributed by atoms with Crippen LogP contribution in [0.3, 0.4) is 0 Å². The van der Waals surface area contributed by atoms with Crippen molar-refractivity contribution in [3.8, 4) is 11.5 Å². The van der Waals surface area contributed by atoms with Crippen molar-refractivity contribution in [3.05, 3.63) is 51.8 Å². The van der Waals surface area contributed by atoms with Crippen LogP contribution in [0.5, 0.6) is 11.5 Å². The van der Waals surface area contributed by atoms with E-state index in [1.807, 2.05) is 31.3 Å². The van der Waals surface area contributed by atoms with Crippen LogP contribution >= 0.6 is 15.9 Å². The molecule has 21 heavy (non-hydrogen) atoms. The van der Waals surface area contributed by atoms with Crippen molar-refractivity contribution < 1.29 is 4.74 Å². The lowest BCUT2D eigenvalue weighted by molar-refractivity contribution is 0.465. The number of aryl methyl sites for hydroxylation is 2. The standard InChI is InChI=1S/C17H21BrN2O/c1-11(2)19-9-14-10-20-13(4)8-17(14)21-16-6-5-12(3)7-15(16)18/h5-8,10-11,19H,9H2,1-4H3. The van der Waals surface area contributed by atoms with Gasteiger partial charge in [0, 0.05) is 36.1 Å². The minimum Gasteiger partial charge on any atom is -0.456 e. The average molecular weight is 349 g/mol. The summed E-state index contributed by atoms with van der Waals surface area (Å²) >= 11 is 3.55. The molecule has 0 unspecified atom stereocenters. The third kappa shape index (κ3) is 4.55. The van der Waals surface area contributed by atoms with Gasteiger partial charge in [-0.2, -0.15) is 0 Å². The van der Waals surface area contributed by atoms with Gasteiger partial charge in [-0.3, -0.25) is 4.98 Å². The summed E-state index contributed by atoms with van der Waals surface area (Å²) in [5.74, 6) is 1.66. The fraction of sp³-hybridized carbons (Fsp3) is 0.353. The van der Waals surface area contributed by atoms with Crippen LogP contribution in [0.25, 0.3) is 0 Å². The molecule has 0 aliphatic rings. The van der Waals surface area contributed by atoms with E-state index in [2.05, 4.69) is 53.1 Å². The molecule has 2 aromatic rings. The number of aromatic nitrogens is 1. The van der Waals surface area contributed by atoms with E-state index in [4.69, 9.17) is 4.74 Å². The van der Waals surface area contributed by atoms with Gasteiger partial charge >= 0.3 is 0 Å². The molecule has 0 saturated carbocycles. The Labute approximate surface area is 134 Å². The van der Waals surface area contributed by atoms with Gasteiger partial charge in [-0.05, 0) is 47.5 Å². The number of benzene rings is 1. The van der Waals surface area contributed by atoms with Gasteiger partial charge in [-0.25, -0.2) is 0 Å². The predicted molar refractivity (Wildman–Crippen MR) is 89.9 cm³/mol. The summed E-state index contributed by atoms with van der Waals surface area (Å²) in [6.45, 7) is 9.01. The number of hydrogen-bond acceptors (Lipinski definition) is 3. The van der Waals surface area contributed by atoms with E-state index < -0.39 is 0 Å². The third-order valence-electron chi connectivity index (χ3n) is 3.09. The highest BCUT2D eigenvalue weighted by atomic mass is 79.9. The minimum atomic E-state index is 0.422. The molecule has 4 heteroatoms. The van der Waals surface area contributed by atoms with Gasteiger partial charge in [0.25, 0.3) is 0 Å². The highest BCUT2D eigenvalue weighted by Gasteiger charge is 2.09. The van der Waals surface area contributed by atoms with Crippen molar-refractivity contribution in [2.45, 2.75) is 40.3 Å². The minimum absolute atomic E-state index is 0.422. The van der Waals surface area contributed by atoms with E-state index in [1.165, 1.54) is 5.56 Å². The lowest BCUT2D eigenvalue weighted by Crippen LogP contribution is -2.22. The molecule has 3 nitrogen and oxygen atoms in total. The quantitative estimate of drug-likeness (QED) is 0.846. The zero-order valence-electron chi connectivity index (χ0n) is 12.9. The first-order valence-corrected chi connectivity index (χ1v) is 7.88. The van der Waals surface area contributed by atoms with Crippen LogP contribution in [0.15, 0.2) is 34.9 Å². The van der Waals surface area contributed by atoms with Gasteiger partial charge in [-0.15, -0.1) is 0 Å². The normalized spacial score (nSPS) is 11.0. The van der Waals surface area contributed by atoms with Crippen molar-refractivity contribution in [2.24, 2.45) is 0 Å². The van der Waals surface area contributed by atoms with Crippen molar-refractivity contribution in [3.63, 3.8) is 0 Å². The monoisotopic (exact) mass is 348 g/mol. The van der Waals surface area contributed by atoms with Crippen LogP contribution in [0, 0.1) is 13.8 Å². The smallest absolute Gasteiger partial charge is 0.141 e. The van der Waals surface area contributed by atoms with Crippen molar-refractivity contribution in [2.75, 3.05) is 0 Å². The van der Waals surface area contributed by atoms with Gasteiger partial charge in [0.05, 0.1) is 4.47 Å². The van der Waals surface area contributed by atoms with Crippen LogP contribution in [-0.2, 0) is 6.54 Å². The molecule has 0 fully saturated rings. The van der Waals surface area contributed by atoms with E-state index in [0.29, 0.717) is 6.04 Å². The molecule has 0 radical (unpaired) electrons. The molecule has 0 aliphatic heterocycles. The number of halogens is 1. The van der Waals surface area contributed by atoms with Crippen LogP contribution in [0.1, 0.15) is 30.7 Å². The van der Waals surface area contributed by atoms with Gasteiger partial charge in [-0.1, -0.05) is 19.9 Å². The summed E-state index contributed by atoms with van der Waals surface area (Å²) in [5, 5.41) is 3.40. The van der Waals surface area contributed by atoms with Crippen molar-refractivity contribution >= 4 is 15.9 Å². The fourth-order valence-electron chi connectivity index (χ4n) is 1.91.